The van der Waals surface area contributed by atoms with Gasteiger partial charge in [0, 0.05) is 0 Å². The Labute approximate surface area is 104 Å². The summed E-state index contributed by atoms with van der Waals surface area (Å²) in [5, 5.41) is 8.58. The number of carboxylic acid groups (broad SMARTS) is 1. The maximum atomic E-state index is 12.8. The van der Waals surface area contributed by atoms with Crippen LogP contribution in [-0.4, -0.2) is 29.5 Å². The number of alkyl halides is 4. The molecule has 0 amide bonds. The molecule has 0 bridgehead atoms. The van der Waals surface area contributed by atoms with Gasteiger partial charge in [0.1, 0.15) is 12.4 Å². The Morgan fingerprint density at radius 1 is 1.47 bits per heavy atom. The summed E-state index contributed by atoms with van der Waals surface area (Å²) in [5.41, 5.74) is -1.07. The van der Waals surface area contributed by atoms with Gasteiger partial charge in [0.05, 0.1) is 31.0 Å². The molecule has 1 N–H and O–H groups in total. The van der Waals surface area contributed by atoms with Crippen LogP contribution >= 0.6 is 0 Å². The minimum atomic E-state index is -5.09. The van der Waals surface area contributed by atoms with Gasteiger partial charge in [-0.05, 0) is 0 Å². The molecule has 5 nitrogen and oxygen atoms in total. The molecule has 19 heavy (non-hydrogen) atoms. The van der Waals surface area contributed by atoms with Crippen molar-refractivity contribution in [1.29, 1.82) is 0 Å². The fraction of sp³-hybridized carbons (Fsp3) is 0.400. The Hall–Kier alpha value is -2.06. The lowest BCUT2D eigenvalue weighted by atomic mass is 10.1. The zero-order valence-corrected chi connectivity index (χ0v) is 9.62. The van der Waals surface area contributed by atoms with Crippen molar-refractivity contribution in [3.05, 3.63) is 17.5 Å². The molecule has 0 aromatic carbocycles. The standard InChI is InChI=1S/C10H9F4NO4/c1-18-7-4-15-6(2-8(16)17)9(5(7)3-11)19-10(12,13)14/h4H,2-3H2,1H3,(H,16,17). The Morgan fingerprint density at radius 2 is 2.11 bits per heavy atom. The zero-order chi connectivity index (χ0) is 14.6. The van der Waals surface area contributed by atoms with Gasteiger partial charge in [-0.3, -0.25) is 9.78 Å². The van der Waals surface area contributed by atoms with E-state index in [4.69, 9.17) is 5.11 Å². The topological polar surface area (TPSA) is 68.7 Å². The third kappa shape index (κ3) is 3.97. The van der Waals surface area contributed by atoms with Crippen molar-refractivity contribution in [2.24, 2.45) is 0 Å². The molecule has 0 spiro atoms. The lowest BCUT2D eigenvalue weighted by Crippen LogP contribution is -2.20. The zero-order valence-electron chi connectivity index (χ0n) is 9.62. The van der Waals surface area contributed by atoms with Crippen molar-refractivity contribution in [3.63, 3.8) is 0 Å². The molecule has 0 aliphatic rings. The van der Waals surface area contributed by atoms with Crippen LogP contribution in [0.3, 0.4) is 0 Å². The molecule has 1 rings (SSSR count). The molecule has 1 aromatic heterocycles. The van der Waals surface area contributed by atoms with Gasteiger partial charge in [0.2, 0.25) is 0 Å². The number of ether oxygens (including phenoxy) is 2. The number of hydrogen-bond donors (Lipinski definition) is 1. The number of pyridine rings is 1. The van der Waals surface area contributed by atoms with E-state index in [0.29, 0.717) is 0 Å². The number of nitrogens with zero attached hydrogens (tertiary/aromatic N) is 1. The first-order chi connectivity index (χ1) is 8.78. The van der Waals surface area contributed by atoms with Crippen molar-refractivity contribution >= 4 is 5.97 Å². The van der Waals surface area contributed by atoms with E-state index in [-0.39, 0.29) is 5.75 Å². The minimum Gasteiger partial charge on any atom is -0.495 e. The van der Waals surface area contributed by atoms with Crippen LogP contribution < -0.4 is 9.47 Å². The normalized spacial score (nSPS) is 11.2. The third-order valence-corrected chi connectivity index (χ3v) is 2.06. The average molecular weight is 283 g/mol. The Morgan fingerprint density at radius 3 is 2.53 bits per heavy atom. The second-order valence-corrected chi connectivity index (χ2v) is 3.33. The first kappa shape index (κ1) is 15.0. The van der Waals surface area contributed by atoms with E-state index in [2.05, 4.69) is 14.5 Å². The summed E-state index contributed by atoms with van der Waals surface area (Å²) in [6.07, 6.45) is -4.98. The number of methoxy groups -OCH3 is 1. The van der Waals surface area contributed by atoms with Gasteiger partial charge in [0.25, 0.3) is 0 Å². The van der Waals surface area contributed by atoms with Crippen LogP contribution in [-0.2, 0) is 17.9 Å². The number of hydrogen-bond acceptors (Lipinski definition) is 4. The molecular formula is C10H9F4NO4. The summed E-state index contributed by atoms with van der Waals surface area (Å²) in [7, 11) is 1.12. The molecule has 1 aromatic rings. The van der Waals surface area contributed by atoms with Crippen molar-refractivity contribution in [3.8, 4) is 11.5 Å². The van der Waals surface area contributed by atoms with Gasteiger partial charge in [0.15, 0.2) is 5.75 Å². The number of halogens is 4. The van der Waals surface area contributed by atoms with E-state index in [1.807, 2.05) is 0 Å². The summed E-state index contributed by atoms with van der Waals surface area (Å²) in [6, 6.07) is 0. The van der Waals surface area contributed by atoms with Crippen molar-refractivity contribution in [2.75, 3.05) is 7.11 Å². The first-order valence-corrected chi connectivity index (χ1v) is 4.86. The Balaban J connectivity index is 3.35. The highest BCUT2D eigenvalue weighted by atomic mass is 19.4. The maximum absolute atomic E-state index is 12.8. The molecule has 0 unspecified atom stereocenters. The monoisotopic (exact) mass is 283 g/mol. The molecule has 0 atom stereocenters. The van der Waals surface area contributed by atoms with Gasteiger partial charge in [-0.15, -0.1) is 13.2 Å². The van der Waals surface area contributed by atoms with Crippen molar-refractivity contribution < 1.29 is 36.9 Å². The number of rotatable bonds is 5. The minimum absolute atomic E-state index is 0.254. The van der Waals surface area contributed by atoms with Crippen LogP contribution in [0.25, 0.3) is 0 Å². The second-order valence-electron chi connectivity index (χ2n) is 3.33. The molecule has 0 aliphatic carbocycles. The van der Waals surface area contributed by atoms with Gasteiger partial charge in [-0.1, -0.05) is 0 Å². The van der Waals surface area contributed by atoms with E-state index in [1.54, 1.807) is 0 Å². The molecule has 0 fully saturated rings. The van der Waals surface area contributed by atoms with E-state index in [1.165, 1.54) is 0 Å². The maximum Gasteiger partial charge on any atom is 0.573 e. The van der Waals surface area contributed by atoms with E-state index in [9.17, 15) is 22.4 Å². The third-order valence-electron chi connectivity index (χ3n) is 2.06. The van der Waals surface area contributed by atoms with Crippen molar-refractivity contribution in [1.82, 2.24) is 4.98 Å². The molecular weight excluding hydrogens is 274 g/mol. The second kappa shape index (κ2) is 5.72. The van der Waals surface area contributed by atoms with E-state index in [0.717, 1.165) is 13.3 Å². The van der Waals surface area contributed by atoms with E-state index >= 15 is 0 Å². The SMILES string of the molecule is COc1cnc(CC(=O)O)c(OC(F)(F)F)c1CF. The van der Waals surface area contributed by atoms with Gasteiger partial charge in [-0.25, -0.2) is 4.39 Å². The highest BCUT2D eigenvalue weighted by molar-refractivity contribution is 5.71. The lowest BCUT2D eigenvalue weighted by Gasteiger charge is -2.16. The van der Waals surface area contributed by atoms with Gasteiger partial charge < -0.3 is 14.6 Å². The summed E-state index contributed by atoms with van der Waals surface area (Å²) in [5.74, 6) is -2.65. The van der Waals surface area contributed by atoms with Crippen molar-refractivity contribution in [2.45, 2.75) is 19.5 Å². The largest absolute Gasteiger partial charge is 0.573 e. The molecule has 106 valence electrons. The average Bonchev–Trinajstić information content (AvgIpc) is 2.28. The summed E-state index contributed by atoms with van der Waals surface area (Å²) < 4.78 is 57.9. The number of aliphatic carboxylic acids is 1. The van der Waals surface area contributed by atoms with Crippen LogP contribution in [0, 0.1) is 0 Å². The van der Waals surface area contributed by atoms with Crippen LogP contribution in [0.2, 0.25) is 0 Å². The Kier molecular flexibility index (Phi) is 4.52. The first-order valence-electron chi connectivity index (χ1n) is 4.86. The predicted octanol–water partition coefficient (Wildman–Crippen LogP) is 2.09. The molecule has 0 radical (unpaired) electrons. The molecule has 0 saturated carbocycles. The fourth-order valence-electron chi connectivity index (χ4n) is 1.37. The predicted molar refractivity (Wildman–Crippen MR) is 53.6 cm³/mol. The summed E-state index contributed by atoms with van der Waals surface area (Å²) in [4.78, 5) is 14.0. The van der Waals surface area contributed by atoms with Crippen LogP contribution in [0.5, 0.6) is 11.5 Å². The smallest absolute Gasteiger partial charge is 0.495 e. The summed E-state index contributed by atoms with van der Waals surface area (Å²) in [6.45, 7) is -1.32. The van der Waals surface area contributed by atoms with Crippen LogP contribution in [0.1, 0.15) is 11.3 Å². The highest BCUT2D eigenvalue weighted by Crippen LogP contribution is 2.35. The molecule has 9 heteroatoms. The highest BCUT2D eigenvalue weighted by Gasteiger charge is 2.35. The van der Waals surface area contributed by atoms with Gasteiger partial charge >= 0.3 is 12.3 Å². The quantitative estimate of drug-likeness (QED) is 0.838. The fourth-order valence-corrected chi connectivity index (χ4v) is 1.37. The van der Waals surface area contributed by atoms with E-state index < -0.39 is 42.4 Å². The molecule has 0 aliphatic heterocycles. The van der Waals surface area contributed by atoms with Crippen LogP contribution in [0.15, 0.2) is 6.20 Å². The molecule has 1 heterocycles. The Bertz CT molecular complexity index is 475. The number of carbonyl (C=O) groups is 1. The van der Waals surface area contributed by atoms with Gasteiger partial charge in [-0.2, -0.15) is 0 Å². The summed E-state index contributed by atoms with van der Waals surface area (Å²) >= 11 is 0. The number of aromatic nitrogens is 1. The van der Waals surface area contributed by atoms with Crippen LogP contribution in [0.4, 0.5) is 17.6 Å². The lowest BCUT2D eigenvalue weighted by molar-refractivity contribution is -0.275. The molecule has 0 saturated heterocycles. The number of carboxylic acids is 1.